The maximum absolute atomic E-state index is 11.9. The molecule has 1 atom stereocenters. The van der Waals surface area contributed by atoms with Crippen LogP contribution in [0.25, 0.3) is 0 Å². The number of carbonyl (C=O) groups is 1. The van der Waals surface area contributed by atoms with Gasteiger partial charge in [-0.15, -0.1) is 0 Å². The molecule has 18 heavy (non-hydrogen) atoms. The zero-order valence-electron chi connectivity index (χ0n) is 11.4. The highest BCUT2D eigenvalue weighted by molar-refractivity contribution is 5.80. The molecule has 0 spiro atoms. The summed E-state index contributed by atoms with van der Waals surface area (Å²) in [6, 6.07) is 0. The molecule has 1 unspecified atom stereocenters. The summed E-state index contributed by atoms with van der Waals surface area (Å²) in [6.45, 7) is 4.71. The fraction of sp³-hybridized carbons (Fsp3) is 0.929. The Morgan fingerprint density at radius 2 is 1.94 bits per heavy atom. The topological polar surface area (TPSA) is 50.4 Å². The van der Waals surface area contributed by atoms with Crippen molar-refractivity contribution in [3.8, 4) is 0 Å². The van der Waals surface area contributed by atoms with Crippen LogP contribution in [0.3, 0.4) is 0 Å². The zero-order valence-corrected chi connectivity index (χ0v) is 11.4. The van der Waals surface area contributed by atoms with Crippen LogP contribution in [0.4, 0.5) is 0 Å². The summed E-state index contributed by atoms with van der Waals surface area (Å²) >= 11 is 0. The van der Waals surface area contributed by atoms with Gasteiger partial charge in [-0.05, 0) is 19.8 Å². The second-order valence-corrected chi connectivity index (χ2v) is 5.66. The van der Waals surface area contributed by atoms with Crippen LogP contribution < -0.4 is 10.6 Å². The molecule has 0 aromatic carbocycles. The molecule has 4 nitrogen and oxygen atoms in total. The Morgan fingerprint density at radius 3 is 2.50 bits per heavy atom. The summed E-state index contributed by atoms with van der Waals surface area (Å²) in [5.41, 5.74) is 0. The van der Waals surface area contributed by atoms with Crippen LogP contribution in [0.5, 0.6) is 0 Å². The van der Waals surface area contributed by atoms with Crippen molar-refractivity contribution in [2.24, 2.45) is 5.92 Å². The molecule has 0 aromatic rings. The first-order chi connectivity index (χ1) is 8.75. The second-order valence-electron chi connectivity index (χ2n) is 5.66. The maximum Gasteiger partial charge on any atom is 0.248 e. The molecule has 2 N–H and O–H groups in total. The van der Waals surface area contributed by atoms with Gasteiger partial charge in [-0.2, -0.15) is 0 Å². The van der Waals surface area contributed by atoms with Crippen molar-refractivity contribution >= 4 is 5.91 Å². The molecule has 1 heterocycles. The summed E-state index contributed by atoms with van der Waals surface area (Å²) < 4.78 is 5.89. The van der Waals surface area contributed by atoms with E-state index in [-0.39, 0.29) is 12.0 Å². The third-order valence-electron chi connectivity index (χ3n) is 4.00. The van der Waals surface area contributed by atoms with Crippen molar-refractivity contribution in [1.82, 2.24) is 10.6 Å². The number of hydrogen-bond donors (Lipinski definition) is 2. The molecule has 0 radical (unpaired) electrons. The molecule has 2 rings (SSSR count). The van der Waals surface area contributed by atoms with Crippen LogP contribution in [0, 0.1) is 5.92 Å². The standard InChI is InChI=1S/C14H26N2O2/c1-11(14(17)16-10-12-8-15-9-12)18-13-6-4-2-3-5-7-13/h11-13,15H,2-10H2,1H3,(H,16,17). The fourth-order valence-electron chi connectivity index (χ4n) is 2.61. The van der Waals surface area contributed by atoms with Crippen molar-refractivity contribution in [2.75, 3.05) is 19.6 Å². The van der Waals surface area contributed by atoms with E-state index < -0.39 is 0 Å². The van der Waals surface area contributed by atoms with E-state index in [4.69, 9.17) is 4.74 Å². The van der Waals surface area contributed by atoms with Gasteiger partial charge in [0.25, 0.3) is 0 Å². The van der Waals surface area contributed by atoms with E-state index in [2.05, 4.69) is 10.6 Å². The van der Waals surface area contributed by atoms with E-state index in [1.165, 1.54) is 25.7 Å². The van der Waals surface area contributed by atoms with Gasteiger partial charge in [0.15, 0.2) is 0 Å². The quantitative estimate of drug-likeness (QED) is 0.730. The first kappa shape index (κ1) is 13.8. The predicted molar refractivity (Wildman–Crippen MR) is 71.4 cm³/mol. The third kappa shape index (κ3) is 4.25. The number of hydrogen-bond acceptors (Lipinski definition) is 3. The van der Waals surface area contributed by atoms with Gasteiger partial charge in [0.05, 0.1) is 6.10 Å². The zero-order chi connectivity index (χ0) is 12.8. The molecule has 104 valence electrons. The van der Waals surface area contributed by atoms with E-state index in [0.29, 0.717) is 12.0 Å². The van der Waals surface area contributed by atoms with Crippen LogP contribution in [-0.4, -0.2) is 37.7 Å². The van der Waals surface area contributed by atoms with Crippen LogP contribution in [0.1, 0.15) is 45.4 Å². The molecule has 1 amide bonds. The van der Waals surface area contributed by atoms with Gasteiger partial charge in [0.1, 0.15) is 6.10 Å². The smallest absolute Gasteiger partial charge is 0.248 e. The molecule has 4 heteroatoms. The molecule has 2 aliphatic rings. The summed E-state index contributed by atoms with van der Waals surface area (Å²) in [5, 5.41) is 6.19. The highest BCUT2D eigenvalue weighted by Gasteiger charge is 2.22. The maximum atomic E-state index is 11.9. The van der Waals surface area contributed by atoms with Gasteiger partial charge in [0.2, 0.25) is 5.91 Å². The SMILES string of the molecule is CC(OC1CCCCCC1)C(=O)NCC1CNC1. The summed E-state index contributed by atoms with van der Waals surface area (Å²) in [7, 11) is 0. The third-order valence-corrected chi connectivity index (χ3v) is 4.00. The Labute approximate surface area is 110 Å². The number of nitrogens with one attached hydrogen (secondary N) is 2. The number of carbonyl (C=O) groups excluding carboxylic acids is 1. The Kier molecular flexibility index (Phi) is 5.45. The van der Waals surface area contributed by atoms with E-state index in [1.807, 2.05) is 6.92 Å². The van der Waals surface area contributed by atoms with Crippen molar-refractivity contribution in [3.63, 3.8) is 0 Å². The van der Waals surface area contributed by atoms with Crippen LogP contribution in [-0.2, 0) is 9.53 Å². The molecule has 1 aliphatic carbocycles. The van der Waals surface area contributed by atoms with E-state index >= 15 is 0 Å². The molecule has 1 saturated heterocycles. The number of ether oxygens (including phenoxy) is 1. The normalized spacial score (nSPS) is 24.1. The average molecular weight is 254 g/mol. The molecule has 2 fully saturated rings. The second kappa shape index (κ2) is 7.10. The lowest BCUT2D eigenvalue weighted by Gasteiger charge is -2.28. The minimum absolute atomic E-state index is 0.0474. The van der Waals surface area contributed by atoms with Crippen molar-refractivity contribution in [2.45, 2.75) is 57.7 Å². The van der Waals surface area contributed by atoms with E-state index in [1.54, 1.807) is 0 Å². The highest BCUT2D eigenvalue weighted by atomic mass is 16.5. The lowest BCUT2D eigenvalue weighted by atomic mass is 10.0. The Morgan fingerprint density at radius 1 is 1.28 bits per heavy atom. The largest absolute Gasteiger partial charge is 0.365 e. The number of amides is 1. The lowest BCUT2D eigenvalue weighted by molar-refractivity contribution is -0.136. The van der Waals surface area contributed by atoms with E-state index in [9.17, 15) is 4.79 Å². The number of rotatable bonds is 5. The minimum Gasteiger partial charge on any atom is -0.365 e. The van der Waals surface area contributed by atoms with Gasteiger partial charge in [-0.25, -0.2) is 0 Å². The molecule has 0 aromatic heterocycles. The summed E-state index contributed by atoms with van der Waals surface area (Å²) in [5.74, 6) is 0.658. The molecular weight excluding hydrogens is 228 g/mol. The molecule has 1 saturated carbocycles. The fourth-order valence-corrected chi connectivity index (χ4v) is 2.61. The van der Waals surface area contributed by atoms with Crippen molar-refractivity contribution < 1.29 is 9.53 Å². The summed E-state index contributed by atoms with van der Waals surface area (Å²) in [6.07, 6.45) is 7.33. The average Bonchev–Trinajstić information content (AvgIpc) is 2.55. The predicted octanol–water partition coefficient (Wildman–Crippen LogP) is 1.45. The Balaban J connectivity index is 1.65. The van der Waals surface area contributed by atoms with Gasteiger partial charge >= 0.3 is 0 Å². The monoisotopic (exact) mass is 254 g/mol. The van der Waals surface area contributed by atoms with Gasteiger partial charge < -0.3 is 15.4 Å². The molecule has 0 bridgehead atoms. The van der Waals surface area contributed by atoms with Crippen molar-refractivity contribution in [1.29, 1.82) is 0 Å². The Bertz CT molecular complexity index is 259. The molecule has 1 aliphatic heterocycles. The first-order valence-corrected chi connectivity index (χ1v) is 7.39. The molecular formula is C14H26N2O2. The van der Waals surface area contributed by atoms with Crippen molar-refractivity contribution in [3.05, 3.63) is 0 Å². The van der Waals surface area contributed by atoms with Crippen LogP contribution >= 0.6 is 0 Å². The van der Waals surface area contributed by atoms with Crippen LogP contribution in [0.15, 0.2) is 0 Å². The first-order valence-electron chi connectivity index (χ1n) is 7.39. The van der Waals surface area contributed by atoms with Crippen LogP contribution in [0.2, 0.25) is 0 Å². The lowest BCUT2D eigenvalue weighted by Crippen LogP contribution is -2.49. The Hall–Kier alpha value is -0.610. The van der Waals surface area contributed by atoms with Gasteiger partial charge in [-0.3, -0.25) is 4.79 Å². The minimum atomic E-state index is -0.305. The van der Waals surface area contributed by atoms with Gasteiger partial charge in [0, 0.05) is 25.6 Å². The summed E-state index contributed by atoms with van der Waals surface area (Å²) in [4.78, 5) is 11.9. The highest BCUT2D eigenvalue weighted by Crippen LogP contribution is 2.20. The van der Waals surface area contributed by atoms with E-state index in [0.717, 1.165) is 32.5 Å². The van der Waals surface area contributed by atoms with Gasteiger partial charge in [-0.1, -0.05) is 25.7 Å².